The number of primary amides is 1. The first-order valence-electron chi connectivity index (χ1n) is 9.01. The van der Waals surface area contributed by atoms with Gasteiger partial charge in [0.25, 0.3) is 5.69 Å². The van der Waals surface area contributed by atoms with Crippen molar-refractivity contribution in [2.24, 2.45) is 5.73 Å². The average molecular weight is 416 g/mol. The zero-order valence-corrected chi connectivity index (χ0v) is 16.1. The van der Waals surface area contributed by atoms with E-state index in [1.807, 2.05) is 0 Å². The molecule has 0 aromatic heterocycles. The van der Waals surface area contributed by atoms with Crippen molar-refractivity contribution in [3.63, 3.8) is 0 Å². The molecule has 0 radical (unpaired) electrons. The number of nitrogens with one attached hydrogen (secondary N) is 2. The fourth-order valence-corrected chi connectivity index (χ4v) is 2.93. The van der Waals surface area contributed by atoms with Gasteiger partial charge in [0, 0.05) is 31.4 Å². The molecule has 0 aliphatic heterocycles. The number of para-hydroxylation sites is 1. The molecule has 3 amide bonds. The van der Waals surface area contributed by atoms with Crippen LogP contribution in [-0.4, -0.2) is 34.7 Å². The molecule has 0 heterocycles. The molecule has 0 saturated carbocycles. The van der Waals surface area contributed by atoms with Gasteiger partial charge in [0.15, 0.2) is 0 Å². The number of nitrogens with zero attached hydrogens (tertiary/aromatic N) is 1. The van der Waals surface area contributed by atoms with E-state index in [9.17, 15) is 28.9 Å². The van der Waals surface area contributed by atoms with Gasteiger partial charge in [-0.15, -0.1) is 0 Å². The van der Waals surface area contributed by atoms with E-state index in [2.05, 4.69) is 10.6 Å². The fourth-order valence-electron chi connectivity index (χ4n) is 2.93. The molecule has 2 atom stereocenters. The molecule has 0 saturated heterocycles. The minimum atomic E-state index is -1.25. The molecule has 4 N–H and O–H groups in total. The third-order valence-corrected chi connectivity index (χ3v) is 4.30. The van der Waals surface area contributed by atoms with Crippen LogP contribution in [0.4, 0.5) is 10.1 Å². The molecule has 2 rings (SSSR count). The number of hydrogen-bond donors (Lipinski definition) is 3. The monoisotopic (exact) mass is 416 g/mol. The highest BCUT2D eigenvalue weighted by atomic mass is 19.1. The summed E-state index contributed by atoms with van der Waals surface area (Å²) < 4.78 is 13.4. The SMILES string of the molecule is CC(=O)N[C@H](Cc1cccc(F)c1)C(=O)N[C@@H](Cc1ccccc1[N+](=O)[O-])C(N)=O. The predicted octanol–water partition coefficient (Wildman–Crippen LogP) is 0.994. The maximum atomic E-state index is 13.4. The lowest BCUT2D eigenvalue weighted by Crippen LogP contribution is -2.54. The second-order valence-electron chi connectivity index (χ2n) is 6.64. The van der Waals surface area contributed by atoms with Crippen LogP contribution in [0.25, 0.3) is 0 Å². The molecule has 0 aliphatic rings. The summed E-state index contributed by atoms with van der Waals surface area (Å²) in [6, 6.07) is 8.94. The van der Waals surface area contributed by atoms with Gasteiger partial charge in [0.1, 0.15) is 17.9 Å². The minimum absolute atomic E-state index is 0.0276. The quantitative estimate of drug-likeness (QED) is 0.412. The largest absolute Gasteiger partial charge is 0.368 e. The summed E-state index contributed by atoms with van der Waals surface area (Å²) in [6.07, 6.45) is -0.231. The number of amides is 3. The van der Waals surface area contributed by atoms with Crippen LogP contribution in [0.15, 0.2) is 48.5 Å². The van der Waals surface area contributed by atoms with Crippen LogP contribution in [-0.2, 0) is 27.2 Å². The first kappa shape index (κ1) is 22.5. The Kier molecular flexibility index (Phi) is 7.56. The van der Waals surface area contributed by atoms with Crippen molar-refractivity contribution in [1.29, 1.82) is 0 Å². The minimum Gasteiger partial charge on any atom is -0.368 e. The van der Waals surface area contributed by atoms with Gasteiger partial charge in [0.2, 0.25) is 17.7 Å². The summed E-state index contributed by atoms with van der Waals surface area (Å²) in [5, 5.41) is 16.1. The van der Waals surface area contributed by atoms with Crippen LogP contribution in [0.2, 0.25) is 0 Å². The lowest BCUT2D eigenvalue weighted by atomic mass is 10.0. The summed E-state index contributed by atoms with van der Waals surface area (Å²) in [5.41, 5.74) is 5.83. The Balaban J connectivity index is 2.20. The highest BCUT2D eigenvalue weighted by molar-refractivity contribution is 5.91. The zero-order chi connectivity index (χ0) is 22.3. The third kappa shape index (κ3) is 6.36. The number of nitrogens with two attached hydrogens (primary N) is 1. The lowest BCUT2D eigenvalue weighted by Gasteiger charge is -2.21. The molecule has 2 aromatic carbocycles. The van der Waals surface area contributed by atoms with Crippen LogP contribution < -0.4 is 16.4 Å². The van der Waals surface area contributed by atoms with Crippen LogP contribution >= 0.6 is 0 Å². The number of nitro groups is 1. The van der Waals surface area contributed by atoms with Crippen LogP contribution in [0.1, 0.15) is 18.1 Å². The van der Waals surface area contributed by atoms with Gasteiger partial charge >= 0.3 is 0 Å². The van der Waals surface area contributed by atoms with E-state index in [-0.39, 0.29) is 24.1 Å². The summed E-state index contributed by atoms with van der Waals surface area (Å²) >= 11 is 0. The molecular formula is C20H21FN4O5. The molecule has 0 aliphatic carbocycles. The number of nitro benzene ring substituents is 1. The maximum Gasteiger partial charge on any atom is 0.272 e. The van der Waals surface area contributed by atoms with Gasteiger partial charge in [0.05, 0.1) is 4.92 Å². The van der Waals surface area contributed by atoms with E-state index in [0.29, 0.717) is 5.56 Å². The third-order valence-electron chi connectivity index (χ3n) is 4.30. The number of halogens is 1. The Morgan fingerprint density at radius 3 is 2.37 bits per heavy atom. The first-order chi connectivity index (χ1) is 14.2. The highest BCUT2D eigenvalue weighted by Crippen LogP contribution is 2.19. The van der Waals surface area contributed by atoms with E-state index < -0.39 is 40.5 Å². The first-order valence-corrected chi connectivity index (χ1v) is 9.01. The Bertz CT molecular complexity index is 966. The maximum absolute atomic E-state index is 13.4. The average Bonchev–Trinajstić information content (AvgIpc) is 2.66. The summed E-state index contributed by atoms with van der Waals surface area (Å²) in [6.45, 7) is 1.21. The zero-order valence-electron chi connectivity index (χ0n) is 16.1. The van der Waals surface area contributed by atoms with Crippen LogP contribution in [0.3, 0.4) is 0 Å². The number of carbonyl (C=O) groups excluding carboxylic acids is 3. The molecule has 10 heteroatoms. The predicted molar refractivity (Wildman–Crippen MR) is 106 cm³/mol. The van der Waals surface area contributed by atoms with E-state index in [0.717, 1.165) is 0 Å². The van der Waals surface area contributed by atoms with Crippen molar-refractivity contribution in [2.75, 3.05) is 0 Å². The van der Waals surface area contributed by atoms with Crippen molar-refractivity contribution >= 4 is 23.4 Å². The smallest absolute Gasteiger partial charge is 0.272 e. The summed E-state index contributed by atoms with van der Waals surface area (Å²) in [7, 11) is 0. The fraction of sp³-hybridized carbons (Fsp3) is 0.250. The van der Waals surface area contributed by atoms with Gasteiger partial charge < -0.3 is 16.4 Å². The number of rotatable bonds is 9. The number of carbonyl (C=O) groups is 3. The Hall–Kier alpha value is -3.82. The second kappa shape index (κ2) is 10.1. The molecule has 9 nitrogen and oxygen atoms in total. The number of hydrogen-bond acceptors (Lipinski definition) is 5. The molecule has 0 bridgehead atoms. The lowest BCUT2D eigenvalue weighted by molar-refractivity contribution is -0.385. The molecule has 0 fully saturated rings. The van der Waals surface area contributed by atoms with E-state index in [1.165, 1.54) is 43.3 Å². The number of benzene rings is 2. The highest BCUT2D eigenvalue weighted by Gasteiger charge is 2.27. The topological polar surface area (TPSA) is 144 Å². The normalized spacial score (nSPS) is 12.5. The van der Waals surface area contributed by atoms with Gasteiger partial charge in [-0.1, -0.05) is 30.3 Å². The van der Waals surface area contributed by atoms with Crippen molar-refractivity contribution in [3.8, 4) is 0 Å². The van der Waals surface area contributed by atoms with E-state index in [4.69, 9.17) is 5.73 Å². The van der Waals surface area contributed by atoms with Crippen molar-refractivity contribution in [1.82, 2.24) is 10.6 Å². The van der Waals surface area contributed by atoms with Crippen LogP contribution in [0.5, 0.6) is 0 Å². The Morgan fingerprint density at radius 1 is 1.07 bits per heavy atom. The van der Waals surface area contributed by atoms with Crippen molar-refractivity contribution in [3.05, 3.63) is 75.6 Å². The molecule has 30 heavy (non-hydrogen) atoms. The summed E-state index contributed by atoms with van der Waals surface area (Å²) in [5.74, 6) is -2.62. The van der Waals surface area contributed by atoms with E-state index in [1.54, 1.807) is 12.1 Å². The van der Waals surface area contributed by atoms with E-state index >= 15 is 0 Å². The van der Waals surface area contributed by atoms with Crippen LogP contribution in [0, 0.1) is 15.9 Å². The molecule has 0 unspecified atom stereocenters. The standard InChI is InChI=1S/C20H21FN4O5/c1-12(26)23-17(10-13-5-4-7-15(21)9-13)20(28)24-16(19(22)27)11-14-6-2-3-8-18(14)25(29)30/h2-9,16-17H,10-11H2,1H3,(H2,22,27)(H,23,26)(H,24,28)/t16-,17+/m0/s1. The molecule has 0 spiro atoms. The van der Waals surface area contributed by atoms with Gasteiger partial charge in [-0.25, -0.2) is 4.39 Å². The molecular weight excluding hydrogens is 395 g/mol. The Labute approximate surface area is 171 Å². The summed E-state index contributed by atoms with van der Waals surface area (Å²) in [4.78, 5) is 46.7. The van der Waals surface area contributed by atoms with Crippen molar-refractivity contribution in [2.45, 2.75) is 31.8 Å². The second-order valence-corrected chi connectivity index (χ2v) is 6.64. The molecule has 158 valence electrons. The Morgan fingerprint density at radius 2 is 1.77 bits per heavy atom. The van der Waals surface area contributed by atoms with Gasteiger partial charge in [-0.2, -0.15) is 0 Å². The molecule has 2 aromatic rings. The van der Waals surface area contributed by atoms with Gasteiger partial charge in [-0.3, -0.25) is 24.5 Å². The van der Waals surface area contributed by atoms with Gasteiger partial charge in [-0.05, 0) is 17.7 Å². The van der Waals surface area contributed by atoms with Crippen molar-refractivity contribution < 1.29 is 23.7 Å².